The standard InChI is InChI=1S/C17H27N3O/c1-3-21-17(8-4-5-9-17)16-19-12-14-10-13(11-18-2)6-7-15(14)20-16/h12-13,18H,3-11H2,1-2H3. The van der Waals surface area contributed by atoms with Crippen molar-refractivity contribution >= 4 is 0 Å². The van der Waals surface area contributed by atoms with Gasteiger partial charge in [-0.3, -0.25) is 0 Å². The summed E-state index contributed by atoms with van der Waals surface area (Å²) in [5.74, 6) is 1.66. The largest absolute Gasteiger partial charge is 0.367 e. The van der Waals surface area contributed by atoms with E-state index >= 15 is 0 Å². The van der Waals surface area contributed by atoms with Gasteiger partial charge in [-0.25, -0.2) is 9.97 Å². The fourth-order valence-electron chi connectivity index (χ4n) is 3.92. The molecule has 0 aliphatic heterocycles. The van der Waals surface area contributed by atoms with Crippen molar-refractivity contribution in [2.24, 2.45) is 5.92 Å². The highest BCUT2D eigenvalue weighted by Crippen LogP contribution is 2.41. The highest BCUT2D eigenvalue weighted by Gasteiger charge is 2.39. The Morgan fingerprint density at radius 3 is 2.90 bits per heavy atom. The molecule has 1 aromatic heterocycles. The molecule has 1 aromatic rings. The van der Waals surface area contributed by atoms with Crippen LogP contribution in [0.5, 0.6) is 0 Å². The predicted octanol–water partition coefficient (Wildman–Crippen LogP) is 2.61. The lowest BCUT2D eigenvalue weighted by Crippen LogP contribution is -2.31. The minimum absolute atomic E-state index is 0.203. The molecule has 4 heteroatoms. The number of nitrogens with zero attached hydrogens (tertiary/aromatic N) is 2. The Morgan fingerprint density at radius 2 is 2.19 bits per heavy atom. The van der Waals surface area contributed by atoms with Crippen LogP contribution in [-0.4, -0.2) is 30.2 Å². The summed E-state index contributed by atoms with van der Waals surface area (Å²) in [5, 5.41) is 3.29. The number of ether oxygens (including phenoxy) is 1. The van der Waals surface area contributed by atoms with Crippen molar-refractivity contribution < 1.29 is 4.74 Å². The molecule has 21 heavy (non-hydrogen) atoms. The van der Waals surface area contributed by atoms with E-state index in [0.29, 0.717) is 0 Å². The maximum absolute atomic E-state index is 6.09. The fourth-order valence-corrected chi connectivity index (χ4v) is 3.92. The molecule has 4 nitrogen and oxygen atoms in total. The molecule has 0 spiro atoms. The van der Waals surface area contributed by atoms with E-state index in [1.165, 1.54) is 30.5 Å². The lowest BCUT2D eigenvalue weighted by Gasteiger charge is -2.29. The second-order valence-corrected chi connectivity index (χ2v) is 6.47. The molecule has 116 valence electrons. The Hall–Kier alpha value is -1.00. The van der Waals surface area contributed by atoms with Crippen LogP contribution < -0.4 is 5.32 Å². The number of aryl methyl sites for hydroxylation is 1. The Bertz CT molecular complexity index is 483. The first-order valence-electron chi connectivity index (χ1n) is 8.41. The quantitative estimate of drug-likeness (QED) is 0.905. The molecule has 1 heterocycles. The molecule has 2 aliphatic rings. The van der Waals surface area contributed by atoms with Gasteiger partial charge in [-0.05, 0) is 76.9 Å². The molecule has 1 unspecified atom stereocenters. The lowest BCUT2D eigenvalue weighted by atomic mass is 9.87. The molecule has 1 fully saturated rings. The van der Waals surface area contributed by atoms with Crippen LogP contribution in [0.4, 0.5) is 0 Å². The Kier molecular flexibility index (Phi) is 4.55. The van der Waals surface area contributed by atoms with Gasteiger partial charge < -0.3 is 10.1 Å². The van der Waals surface area contributed by atoms with Crippen LogP contribution in [0.1, 0.15) is 56.1 Å². The number of fused-ring (bicyclic) bond motifs is 1. The molecule has 1 saturated carbocycles. The van der Waals surface area contributed by atoms with Crippen molar-refractivity contribution in [3.05, 3.63) is 23.3 Å². The number of hydrogen-bond donors (Lipinski definition) is 1. The first-order chi connectivity index (χ1) is 10.3. The van der Waals surface area contributed by atoms with Crippen molar-refractivity contribution in [1.29, 1.82) is 0 Å². The van der Waals surface area contributed by atoms with Crippen LogP contribution in [0.15, 0.2) is 6.20 Å². The summed E-state index contributed by atoms with van der Waals surface area (Å²) in [6.45, 7) is 3.90. The van der Waals surface area contributed by atoms with E-state index in [0.717, 1.165) is 50.6 Å². The summed E-state index contributed by atoms with van der Waals surface area (Å²) in [7, 11) is 2.03. The van der Waals surface area contributed by atoms with E-state index in [1.807, 2.05) is 7.05 Å². The van der Waals surface area contributed by atoms with E-state index in [1.54, 1.807) is 0 Å². The molecule has 2 aliphatic carbocycles. The van der Waals surface area contributed by atoms with Gasteiger partial charge in [-0.15, -0.1) is 0 Å². The molecule has 0 bridgehead atoms. The third-order valence-corrected chi connectivity index (χ3v) is 4.98. The number of hydrogen-bond acceptors (Lipinski definition) is 4. The van der Waals surface area contributed by atoms with Crippen LogP contribution in [0.25, 0.3) is 0 Å². The second kappa shape index (κ2) is 6.41. The molecule has 0 amide bonds. The number of rotatable bonds is 5. The molecular weight excluding hydrogens is 262 g/mol. The van der Waals surface area contributed by atoms with Gasteiger partial charge >= 0.3 is 0 Å². The molecule has 0 aromatic carbocycles. The summed E-state index contributed by atoms with van der Waals surface area (Å²) >= 11 is 0. The van der Waals surface area contributed by atoms with Gasteiger partial charge in [0.05, 0.1) is 0 Å². The van der Waals surface area contributed by atoms with Crippen molar-refractivity contribution in [3.8, 4) is 0 Å². The first kappa shape index (κ1) is 14.9. The van der Waals surface area contributed by atoms with Crippen LogP contribution in [0, 0.1) is 5.92 Å². The normalized spacial score (nSPS) is 24.0. The molecule has 1 atom stereocenters. The van der Waals surface area contributed by atoms with Crippen molar-refractivity contribution in [2.45, 2.75) is 57.5 Å². The summed E-state index contributed by atoms with van der Waals surface area (Å²) in [6.07, 6.45) is 10.1. The predicted molar refractivity (Wildman–Crippen MR) is 83.2 cm³/mol. The van der Waals surface area contributed by atoms with Gasteiger partial charge in [-0.1, -0.05) is 0 Å². The van der Waals surface area contributed by atoms with Crippen molar-refractivity contribution in [3.63, 3.8) is 0 Å². The van der Waals surface area contributed by atoms with Crippen LogP contribution in [0.3, 0.4) is 0 Å². The molecule has 3 rings (SSSR count). The minimum atomic E-state index is -0.203. The highest BCUT2D eigenvalue weighted by atomic mass is 16.5. The highest BCUT2D eigenvalue weighted by molar-refractivity contribution is 5.23. The van der Waals surface area contributed by atoms with Gasteiger partial charge in [0.25, 0.3) is 0 Å². The van der Waals surface area contributed by atoms with E-state index in [9.17, 15) is 0 Å². The van der Waals surface area contributed by atoms with E-state index in [2.05, 4.69) is 18.4 Å². The van der Waals surface area contributed by atoms with Gasteiger partial charge in [0.15, 0.2) is 5.82 Å². The van der Waals surface area contributed by atoms with Crippen LogP contribution >= 0.6 is 0 Å². The summed E-state index contributed by atoms with van der Waals surface area (Å²) in [4.78, 5) is 9.63. The van der Waals surface area contributed by atoms with E-state index < -0.39 is 0 Å². The maximum Gasteiger partial charge on any atom is 0.160 e. The summed E-state index contributed by atoms with van der Waals surface area (Å²) < 4.78 is 6.09. The summed E-state index contributed by atoms with van der Waals surface area (Å²) in [6, 6.07) is 0. The zero-order valence-electron chi connectivity index (χ0n) is 13.3. The third-order valence-electron chi connectivity index (χ3n) is 4.98. The monoisotopic (exact) mass is 289 g/mol. The molecule has 1 N–H and O–H groups in total. The Morgan fingerprint density at radius 1 is 1.38 bits per heavy atom. The zero-order valence-corrected chi connectivity index (χ0v) is 13.3. The van der Waals surface area contributed by atoms with Crippen LogP contribution in [0.2, 0.25) is 0 Å². The zero-order chi connectivity index (χ0) is 14.7. The van der Waals surface area contributed by atoms with Crippen molar-refractivity contribution in [2.75, 3.05) is 20.2 Å². The average Bonchev–Trinajstić information content (AvgIpc) is 2.97. The first-order valence-corrected chi connectivity index (χ1v) is 8.41. The lowest BCUT2D eigenvalue weighted by molar-refractivity contribution is -0.0459. The number of aromatic nitrogens is 2. The van der Waals surface area contributed by atoms with Gasteiger partial charge in [0.2, 0.25) is 0 Å². The van der Waals surface area contributed by atoms with E-state index in [4.69, 9.17) is 14.7 Å². The topological polar surface area (TPSA) is 47.0 Å². The van der Waals surface area contributed by atoms with Gasteiger partial charge in [-0.2, -0.15) is 0 Å². The molecule has 0 saturated heterocycles. The number of nitrogens with one attached hydrogen (secondary N) is 1. The van der Waals surface area contributed by atoms with Gasteiger partial charge in [0, 0.05) is 18.5 Å². The Labute approximate surface area is 127 Å². The summed E-state index contributed by atoms with van der Waals surface area (Å²) in [5.41, 5.74) is 2.40. The SMILES string of the molecule is CCOC1(c2ncc3c(n2)CCC(CNC)C3)CCCC1. The molecular formula is C17H27N3O. The van der Waals surface area contributed by atoms with Crippen LogP contribution in [-0.2, 0) is 23.2 Å². The molecule has 0 radical (unpaired) electrons. The van der Waals surface area contributed by atoms with E-state index in [-0.39, 0.29) is 5.60 Å². The van der Waals surface area contributed by atoms with Gasteiger partial charge in [0.1, 0.15) is 5.60 Å². The second-order valence-electron chi connectivity index (χ2n) is 6.47. The maximum atomic E-state index is 6.09. The smallest absolute Gasteiger partial charge is 0.160 e. The third kappa shape index (κ3) is 2.97. The van der Waals surface area contributed by atoms with Crippen molar-refractivity contribution in [1.82, 2.24) is 15.3 Å². The Balaban J connectivity index is 1.83. The average molecular weight is 289 g/mol. The fraction of sp³-hybridized carbons (Fsp3) is 0.765. The minimum Gasteiger partial charge on any atom is -0.367 e.